The first-order chi connectivity index (χ1) is 8.86. The number of nitrogens with one attached hydrogen (secondary N) is 2. The number of hydrogen-bond acceptors (Lipinski definition) is 4. The van der Waals surface area contributed by atoms with Crippen LogP contribution in [0.1, 0.15) is 25.8 Å². The minimum absolute atomic E-state index is 0.0435. The number of nitrogens with zero attached hydrogens (tertiary/aromatic N) is 1. The van der Waals surface area contributed by atoms with E-state index in [1.807, 2.05) is 0 Å². The highest BCUT2D eigenvalue weighted by Gasteiger charge is 2.34. The first-order valence-electron chi connectivity index (χ1n) is 6.43. The van der Waals surface area contributed by atoms with Gasteiger partial charge in [-0.3, -0.25) is 5.10 Å². The van der Waals surface area contributed by atoms with E-state index in [1.165, 1.54) is 0 Å². The maximum Gasteiger partial charge on any atom is 0.214 e. The lowest BCUT2D eigenvalue weighted by atomic mass is 9.91. The van der Waals surface area contributed by atoms with Gasteiger partial charge in [0.1, 0.15) is 0 Å². The largest absolute Gasteiger partial charge is 0.377 e. The predicted octanol–water partition coefficient (Wildman–Crippen LogP) is 0.687. The summed E-state index contributed by atoms with van der Waals surface area (Å²) in [6.45, 7) is 5.19. The zero-order chi connectivity index (χ0) is 13.9. The van der Waals surface area contributed by atoms with Crippen molar-refractivity contribution in [1.29, 1.82) is 0 Å². The van der Waals surface area contributed by atoms with Crippen molar-refractivity contribution < 1.29 is 13.2 Å². The third-order valence-electron chi connectivity index (χ3n) is 3.19. The number of H-pyrrole nitrogens is 1. The molecule has 1 fully saturated rings. The number of aromatic amines is 1. The monoisotopic (exact) mass is 287 g/mol. The molecule has 1 aromatic heterocycles. The van der Waals surface area contributed by atoms with E-state index in [9.17, 15) is 8.42 Å². The minimum atomic E-state index is -3.27. The van der Waals surface area contributed by atoms with Crippen molar-refractivity contribution >= 4 is 10.0 Å². The molecule has 1 saturated heterocycles. The van der Waals surface area contributed by atoms with Gasteiger partial charge in [0.25, 0.3) is 0 Å². The highest BCUT2D eigenvalue weighted by atomic mass is 32.2. The average molecular weight is 287 g/mol. The molecule has 2 heterocycles. The van der Waals surface area contributed by atoms with Gasteiger partial charge in [0.15, 0.2) is 0 Å². The molecule has 0 radical (unpaired) electrons. The Hall–Kier alpha value is -0.920. The van der Waals surface area contributed by atoms with Crippen LogP contribution in [-0.4, -0.2) is 43.6 Å². The summed E-state index contributed by atoms with van der Waals surface area (Å²) in [5.74, 6) is 0.0435. The topological polar surface area (TPSA) is 84.1 Å². The first-order valence-corrected chi connectivity index (χ1v) is 8.08. The predicted molar refractivity (Wildman–Crippen MR) is 72.2 cm³/mol. The summed E-state index contributed by atoms with van der Waals surface area (Å²) in [5.41, 5.74) is 1.07. The fraction of sp³-hybridized carbons (Fsp3) is 0.750. The van der Waals surface area contributed by atoms with E-state index in [0.717, 1.165) is 12.0 Å². The number of ether oxygens (including phenoxy) is 1. The van der Waals surface area contributed by atoms with Gasteiger partial charge < -0.3 is 4.74 Å². The molecule has 1 aromatic rings. The van der Waals surface area contributed by atoms with Gasteiger partial charge in [-0.05, 0) is 23.8 Å². The SMILES string of the molecule is CC1(C)COC(CS(=O)(=O)NCCc2cn[nH]c2)C1. The first kappa shape index (κ1) is 14.5. The molecule has 1 unspecified atom stereocenters. The number of aromatic nitrogens is 2. The molecule has 0 amide bonds. The van der Waals surface area contributed by atoms with Crippen LogP contribution in [0.2, 0.25) is 0 Å². The Bertz CT molecular complexity index is 496. The van der Waals surface area contributed by atoms with Gasteiger partial charge in [-0.15, -0.1) is 0 Å². The van der Waals surface area contributed by atoms with E-state index in [0.29, 0.717) is 19.6 Å². The average Bonchev–Trinajstić information content (AvgIpc) is 2.87. The fourth-order valence-corrected chi connectivity index (χ4v) is 3.49. The van der Waals surface area contributed by atoms with Crippen LogP contribution in [0.25, 0.3) is 0 Å². The van der Waals surface area contributed by atoms with Crippen LogP contribution in [-0.2, 0) is 21.2 Å². The van der Waals surface area contributed by atoms with Gasteiger partial charge in [0.05, 0.1) is 24.7 Å². The van der Waals surface area contributed by atoms with Crippen LogP contribution in [0, 0.1) is 5.41 Å². The molecule has 6 nitrogen and oxygen atoms in total. The summed E-state index contributed by atoms with van der Waals surface area (Å²) < 4.78 is 31.9. The Morgan fingerprint density at radius 1 is 1.58 bits per heavy atom. The third-order valence-corrected chi connectivity index (χ3v) is 4.64. The Labute approximate surface area is 114 Å². The second-order valence-corrected chi connectivity index (χ2v) is 7.69. The normalized spacial score (nSPS) is 22.7. The second-order valence-electron chi connectivity index (χ2n) is 5.83. The van der Waals surface area contributed by atoms with Crippen molar-refractivity contribution in [3.8, 4) is 0 Å². The molecule has 1 aliphatic heterocycles. The van der Waals surface area contributed by atoms with Crippen LogP contribution in [0.3, 0.4) is 0 Å². The van der Waals surface area contributed by atoms with Gasteiger partial charge in [-0.1, -0.05) is 13.8 Å². The van der Waals surface area contributed by atoms with Crippen molar-refractivity contribution in [1.82, 2.24) is 14.9 Å². The maximum absolute atomic E-state index is 11.9. The maximum atomic E-state index is 11.9. The Balaban J connectivity index is 1.76. The quantitative estimate of drug-likeness (QED) is 0.806. The molecule has 0 aliphatic carbocycles. The number of sulfonamides is 1. The summed E-state index contributed by atoms with van der Waals surface area (Å²) in [6.07, 6.45) is 4.68. The number of rotatable bonds is 6. The standard InChI is InChI=1S/C12H21N3O3S/c1-12(2)5-11(18-9-12)8-19(16,17)15-4-3-10-6-13-14-7-10/h6-7,11,15H,3-5,8-9H2,1-2H3,(H,13,14). The van der Waals surface area contributed by atoms with Gasteiger partial charge in [0.2, 0.25) is 10.0 Å². The zero-order valence-electron chi connectivity index (χ0n) is 11.3. The summed E-state index contributed by atoms with van der Waals surface area (Å²) in [4.78, 5) is 0. The van der Waals surface area contributed by atoms with Crippen molar-refractivity contribution in [2.75, 3.05) is 18.9 Å². The van der Waals surface area contributed by atoms with Gasteiger partial charge in [-0.2, -0.15) is 5.10 Å². The Morgan fingerprint density at radius 3 is 2.95 bits per heavy atom. The zero-order valence-corrected chi connectivity index (χ0v) is 12.2. The van der Waals surface area contributed by atoms with Crippen molar-refractivity contribution in [3.63, 3.8) is 0 Å². The van der Waals surface area contributed by atoms with Crippen molar-refractivity contribution in [3.05, 3.63) is 18.0 Å². The van der Waals surface area contributed by atoms with E-state index in [2.05, 4.69) is 28.8 Å². The molecule has 0 aromatic carbocycles. The second kappa shape index (κ2) is 5.60. The summed E-state index contributed by atoms with van der Waals surface area (Å²) in [5, 5.41) is 6.51. The van der Waals surface area contributed by atoms with Gasteiger partial charge in [-0.25, -0.2) is 13.1 Å². The van der Waals surface area contributed by atoms with Crippen LogP contribution < -0.4 is 4.72 Å². The molecule has 108 valence electrons. The summed E-state index contributed by atoms with van der Waals surface area (Å²) >= 11 is 0. The summed E-state index contributed by atoms with van der Waals surface area (Å²) in [6, 6.07) is 0. The van der Waals surface area contributed by atoms with E-state index in [4.69, 9.17) is 4.74 Å². The van der Waals surface area contributed by atoms with E-state index in [1.54, 1.807) is 12.4 Å². The molecular weight excluding hydrogens is 266 g/mol. The van der Waals surface area contributed by atoms with E-state index in [-0.39, 0.29) is 17.3 Å². The highest BCUT2D eigenvalue weighted by Crippen LogP contribution is 2.31. The lowest BCUT2D eigenvalue weighted by Gasteiger charge is -2.14. The molecule has 0 spiro atoms. The van der Waals surface area contributed by atoms with E-state index < -0.39 is 10.0 Å². The van der Waals surface area contributed by atoms with Crippen molar-refractivity contribution in [2.24, 2.45) is 5.41 Å². The van der Waals surface area contributed by atoms with Crippen LogP contribution in [0.5, 0.6) is 0 Å². The molecule has 19 heavy (non-hydrogen) atoms. The van der Waals surface area contributed by atoms with Crippen molar-refractivity contribution in [2.45, 2.75) is 32.8 Å². The van der Waals surface area contributed by atoms with Gasteiger partial charge >= 0.3 is 0 Å². The molecule has 1 atom stereocenters. The highest BCUT2D eigenvalue weighted by molar-refractivity contribution is 7.89. The van der Waals surface area contributed by atoms with E-state index >= 15 is 0 Å². The third kappa shape index (κ3) is 4.59. The van der Waals surface area contributed by atoms with Gasteiger partial charge in [0, 0.05) is 12.7 Å². The molecular formula is C12H21N3O3S. The molecule has 7 heteroatoms. The molecule has 0 bridgehead atoms. The van der Waals surface area contributed by atoms with Crippen LogP contribution >= 0.6 is 0 Å². The van der Waals surface area contributed by atoms with Crippen LogP contribution in [0.15, 0.2) is 12.4 Å². The molecule has 0 saturated carbocycles. The number of hydrogen-bond donors (Lipinski definition) is 2. The van der Waals surface area contributed by atoms with Crippen LogP contribution in [0.4, 0.5) is 0 Å². The fourth-order valence-electron chi connectivity index (χ4n) is 2.25. The minimum Gasteiger partial charge on any atom is -0.377 e. The molecule has 2 N–H and O–H groups in total. The molecule has 1 aliphatic rings. The lowest BCUT2D eigenvalue weighted by molar-refractivity contribution is 0.113. The Morgan fingerprint density at radius 2 is 2.37 bits per heavy atom. The Kier molecular flexibility index (Phi) is 4.27. The summed E-state index contributed by atoms with van der Waals surface area (Å²) in [7, 11) is -3.27. The lowest BCUT2D eigenvalue weighted by Crippen LogP contribution is -2.33. The molecule has 2 rings (SSSR count). The smallest absolute Gasteiger partial charge is 0.214 e.